The van der Waals surface area contributed by atoms with Gasteiger partial charge in [0.15, 0.2) is 17.2 Å². The van der Waals surface area contributed by atoms with E-state index in [4.69, 9.17) is 20.4 Å². The lowest BCUT2D eigenvalue weighted by Gasteiger charge is -2.10. The van der Waals surface area contributed by atoms with E-state index in [0.717, 1.165) is 31.5 Å². The second kappa shape index (κ2) is 11.1. The number of nitrogen functional groups attached to an aromatic ring is 1. The molecule has 9 nitrogen and oxygen atoms in total. The molecule has 0 unspecified atom stereocenters. The van der Waals surface area contributed by atoms with Crippen molar-refractivity contribution >= 4 is 22.8 Å². The topological polar surface area (TPSA) is 128 Å². The highest BCUT2D eigenvalue weighted by Gasteiger charge is 2.38. The second-order valence-electron chi connectivity index (χ2n) is 8.38. The number of carbonyl (C=O) groups is 1. The number of nitrogens with zero attached hydrogens (tertiary/aromatic N) is 4. The van der Waals surface area contributed by atoms with Gasteiger partial charge < -0.3 is 20.9 Å². The van der Waals surface area contributed by atoms with E-state index in [0.29, 0.717) is 23.3 Å². The molecule has 0 spiro atoms. The first kappa shape index (κ1) is 27.6. The van der Waals surface area contributed by atoms with Crippen LogP contribution < -0.4 is 15.8 Å². The molecule has 0 bridgehead atoms. The molecule has 4 aromatic rings. The van der Waals surface area contributed by atoms with Crippen molar-refractivity contribution in [3.8, 4) is 22.8 Å². The van der Waals surface area contributed by atoms with Crippen molar-refractivity contribution < 1.29 is 41.0 Å². The lowest BCUT2D eigenvalue weighted by atomic mass is 10.1. The molecule has 1 aliphatic rings. The monoisotopic (exact) mass is 554 g/mol. The molecular weight excluding hydrogens is 534 g/mol. The van der Waals surface area contributed by atoms with Crippen LogP contribution in [0.5, 0.6) is 11.5 Å². The molecule has 5 rings (SSSR count). The van der Waals surface area contributed by atoms with Gasteiger partial charge in [0.1, 0.15) is 29.4 Å². The zero-order valence-corrected chi connectivity index (χ0v) is 19.8. The fraction of sp³-hybridized carbons (Fsp3) is 0.250. The molecule has 15 heteroatoms. The third-order valence-electron chi connectivity index (χ3n) is 5.70. The molecule has 2 aromatic carbocycles. The normalized spacial score (nSPS) is 15.2. The minimum atomic E-state index is -5.08. The summed E-state index contributed by atoms with van der Waals surface area (Å²) in [5.41, 5.74) is 7.07. The Balaban J connectivity index is 0.000000448. The molecular formula is C24H20F6N6O3. The number of nitrogens with two attached hydrogens (primary N) is 1. The van der Waals surface area contributed by atoms with Gasteiger partial charge in [-0.1, -0.05) is 6.07 Å². The van der Waals surface area contributed by atoms with E-state index in [2.05, 4.69) is 20.4 Å². The minimum absolute atomic E-state index is 0.0128. The van der Waals surface area contributed by atoms with Gasteiger partial charge in [0.25, 0.3) is 0 Å². The molecule has 0 aliphatic carbocycles. The highest BCUT2D eigenvalue weighted by atomic mass is 19.4. The standard InChI is InChI=1S/C22H19F3N6O.C2HF3O2/c23-15-4-1-5-17(19(15)25)32-13-6-7-14(16(24)9-13)20-18-21(26)28-11-29-22(18)31(30-20)10-12-3-2-8-27-12;3-2(4,5)1(6)7/h1,4-7,9,11-12,27H,2-3,8,10H2,(H2,26,28,29);(H,6,7)/t12-;/m0./s1. The maximum absolute atomic E-state index is 15.1. The average Bonchev–Trinajstić information content (AvgIpc) is 3.51. The smallest absolute Gasteiger partial charge is 0.475 e. The molecule has 0 saturated carbocycles. The van der Waals surface area contributed by atoms with Gasteiger partial charge in [-0.3, -0.25) is 0 Å². The number of aliphatic carboxylic acids is 1. The Hall–Kier alpha value is -4.40. The predicted molar refractivity (Wildman–Crippen MR) is 126 cm³/mol. The van der Waals surface area contributed by atoms with Crippen molar-refractivity contribution in [2.24, 2.45) is 0 Å². The van der Waals surface area contributed by atoms with Gasteiger partial charge in [-0.2, -0.15) is 22.7 Å². The van der Waals surface area contributed by atoms with Crippen LogP contribution in [-0.4, -0.2) is 49.6 Å². The lowest BCUT2D eigenvalue weighted by Crippen LogP contribution is -2.27. The molecule has 1 saturated heterocycles. The number of carboxylic acids is 1. The number of nitrogens with one attached hydrogen (secondary N) is 1. The Morgan fingerprint density at radius 3 is 2.54 bits per heavy atom. The molecule has 3 heterocycles. The van der Waals surface area contributed by atoms with Crippen LogP contribution in [0.2, 0.25) is 0 Å². The van der Waals surface area contributed by atoms with Crippen LogP contribution in [0.3, 0.4) is 0 Å². The number of alkyl halides is 3. The number of ether oxygens (including phenoxy) is 1. The fourth-order valence-corrected chi connectivity index (χ4v) is 3.91. The van der Waals surface area contributed by atoms with Crippen molar-refractivity contribution in [1.29, 1.82) is 0 Å². The summed E-state index contributed by atoms with van der Waals surface area (Å²) < 4.78 is 81.2. The van der Waals surface area contributed by atoms with Gasteiger partial charge >= 0.3 is 12.1 Å². The van der Waals surface area contributed by atoms with E-state index >= 15 is 4.39 Å². The largest absolute Gasteiger partial charge is 0.490 e. The van der Waals surface area contributed by atoms with Crippen LogP contribution in [0, 0.1) is 17.5 Å². The summed E-state index contributed by atoms with van der Waals surface area (Å²) in [6.45, 7) is 1.50. The lowest BCUT2D eigenvalue weighted by molar-refractivity contribution is -0.192. The van der Waals surface area contributed by atoms with E-state index in [1.807, 2.05) is 0 Å². The molecule has 0 radical (unpaired) electrons. The summed E-state index contributed by atoms with van der Waals surface area (Å²) in [5, 5.41) is 15.6. The summed E-state index contributed by atoms with van der Waals surface area (Å²) in [7, 11) is 0. The number of hydrogen-bond donors (Lipinski definition) is 3. The van der Waals surface area contributed by atoms with Gasteiger partial charge in [-0.05, 0) is 43.7 Å². The van der Waals surface area contributed by atoms with Gasteiger partial charge in [-0.15, -0.1) is 0 Å². The van der Waals surface area contributed by atoms with Crippen LogP contribution in [0.25, 0.3) is 22.3 Å². The van der Waals surface area contributed by atoms with E-state index in [1.54, 1.807) is 4.68 Å². The highest BCUT2D eigenvalue weighted by Crippen LogP contribution is 2.35. The summed E-state index contributed by atoms with van der Waals surface area (Å²) in [6.07, 6.45) is -1.65. The highest BCUT2D eigenvalue weighted by molar-refractivity contribution is 5.98. The minimum Gasteiger partial charge on any atom is -0.475 e. The van der Waals surface area contributed by atoms with Crippen molar-refractivity contribution in [2.75, 3.05) is 12.3 Å². The first-order valence-corrected chi connectivity index (χ1v) is 11.4. The number of halogens is 6. The number of aromatic nitrogens is 4. The number of fused-ring (bicyclic) bond motifs is 1. The van der Waals surface area contributed by atoms with Crippen LogP contribution in [0.4, 0.5) is 32.2 Å². The fourth-order valence-electron chi connectivity index (χ4n) is 3.91. The number of hydrogen-bond acceptors (Lipinski definition) is 7. The van der Waals surface area contributed by atoms with E-state index in [-0.39, 0.29) is 28.9 Å². The molecule has 1 aliphatic heterocycles. The molecule has 4 N–H and O–H groups in total. The van der Waals surface area contributed by atoms with Gasteiger partial charge in [0.2, 0.25) is 5.82 Å². The SMILES string of the molecule is Nc1ncnc2c1c(-c1ccc(Oc3cccc(F)c3F)cc1F)nn2C[C@@H]1CCCN1.O=C(O)C(F)(F)F. The quantitative estimate of drug-likeness (QED) is 0.304. The maximum atomic E-state index is 15.1. The summed E-state index contributed by atoms with van der Waals surface area (Å²) in [4.78, 5) is 17.2. The van der Waals surface area contributed by atoms with Crippen molar-refractivity contribution in [3.63, 3.8) is 0 Å². The third kappa shape index (κ3) is 6.19. The van der Waals surface area contributed by atoms with E-state index < -0.39 is 29.6 Å². The third-order valence-corrected chi connectivity index (χ3v) is 5.70. The molecule has 2 aromatic heterocycles. The Labute approximate surface area is 216 Å². The van der Waals surface area contributed by atoms with Crippen LogP contribution >= 0.6 is 0 Å². The Kier molecular flexibility index (Phi) is 7.90. The van der Waals surface area contributed by atoms with Crippen LogP contribution in [-0.2, 0) is 11.3 Å². The van der Waals surface area contributed by atoms with Crippen LogP contribution in [0.15, 0.2) is 42.7 Å². The zero-order chi connectivity index (χ0) is 28.3. The molecule has 1 fully saturated rings. The van der Waals surface area contributed by atoms with Crippen LogP contribution in [0.1, 0.15) is 12.8 Å². The van der Waals surface area contributed by atoms with Crippen molar-refractivity contribution in [2.45, 2.75) is 31.6 Å². The second-order valence-corrected chi connectivity index (χ2v) is 8.38. The summed E-state index contributed by atoms with van der Waals surface area (Å²) in [5.74, 6) is -5.75. The van der Waals surface area contributed by atoms with Gasteiger partial charge in [0, 0.05) is 17.7 Å². The maximum Gasteiger partial charge on any atom is 0.490 e. The van der Waals surface area contributed by atoms with Crippen molar-refractivity contribution in [1.82, 2.24) is 25.1 Å². The van der Waals surface area contributed by atoms with E-state index in [1.165, 1.54) is 30.6 Å². The Morgan fingerprint density at radius 1 is 1.15 bits per heavy atom. The van der Waals surface area contributed by atoms with E-state index in [9.17, 15) is 22.0 Å². The predicted octanol–water partition coefficient (Wildman–Crippen LogP) is 4.67. The zero-order valence-electron chi connectivity index (χ0n) is 19.8. The van der Waals surface area contributed by atoms with Gasteiger partial charge in [0.05, 0.1) is 11.9 Å². The number of carboxylic acid groups (broad SMARTS) is 1. The average molecular weight is 554 g/mol. The molecule has 39 heavy (non-hydrogen) atoms. The molecule has 0 amide bonds. The molecule has 1 atom stereocenters. The Bertz CT molecular complexity index is 1500. The first-order chi connectivity index (χ1) is 18.5. The van der Waals surface area contributed by atoms with Crippen molar-refractivity contribution in [3.05, 3.63) is 60.2 Å². The number of benzene rings is 2. The number of rotatable bonds is 5. The Morgan fingerprint density at radius 2 is 1.90 bits per heavy atom. The van der Waals surface area contributed by atoms with Gasteiger partial charge in [-0.25, -0.2) is 28.2 Å². The first-order valence-electron chi connectivity index (χ1n) is 11.4. The number of anilines is 1. The summed E-state index contributed by atoms with van der Waals surface area (Å²) in [6, 6.07) is 7.77. The molecule has 206 valence electrons. The summed E-state index contributed by atoms with van der Waals surface area (Å²) >= 11 is 0.